The molecule has 170 valence electrons. The zero-order chi connectivity index (χ0) is 21.1. The highest BCUT2D eigenvalue weighted by atomic mass is 35.5. The number of nitrogens with one attached hydrogen (secondary N) is 1. The van der Waals surface area contributed by atoms with Crippen LogP contribution in [-0.2, 0) is 6.54 Å². The van der Waals surface area contributed by atoms with Crippen molar-refractivity contribution in [1.82, 2.24) is 10.3 Å². The van der Waals surface area contributed by atoms with E-state index in [4.69, 9.17) is 15.6 Å². The van der Waals surface area contributed by atoms with Crippen molar-refractivity contribution in [3.05, 3.63) is 29.8 Å². The van der Waals surface area contributed by atoms with Crippen LogP contribution in [0.3, 0.4) is 0 Å². The third-order valence-electron chi connectivity index (χ3n) is 5.15. The first-order valence-corrected chi connectivity index (χ1v) is 11.1. The van der Waals surface area contributed by atoms with Gasteiger partial charge in [0.2, 0.25) is 5.96 Å². The number of methoxy groups -OCH3 is 1. The normalized spacial score (nSPS) is 15.2. The Morgan fingerprint density at radius 1 is 0.967 bits per heavy atom. The van der Waals surface area contributed by atoms with Gasteiger partial charge in [-0.2, -0.15) is 0 Å². The molecule has 7 heteroatoms. The molecule has 1 heterocycles. The van der Waals surface area contributed by atoms with Gasteiger partial charge in [0.25, 0.3) is 0 Å². The van der Waals surface area contributed by atoms with E-state index in [1.165, 1.54) is 44.9 Å². The standard InChI is InChI=1S/C23H39N5O.ClH/c1-5-6-7-8-9-10-11-12-13-21-26-23(2,3)27-22(28(21)24)25-18-19-14-16-20(29-4)17-15-19;/h14-17H,5-13,18,24H2,1-4H3,(H,25,27);1H. The summed E-state index contributed by atoms with van der Waals surface area (Å²) in [6.45, 7) is 6.94. The summed E-state index contributed by atoms with van der Waals surface area (Å²) < 4.78 is 5.21. The Bertz CT molecular complexity index is 673. The maximum atomic E-state index is 6.34. The summed E-state index contributed by atoms with van der Waals surface area (Å²) in [5.41, 5.74) is 0.653. The number of rotatable bonds is 12. The maximum absolute atomic E-state index is 6.34. The van der Waals surface area contributed by atoms with Crippen LogP contribution in [0.5, 0.6) is 5.75 Å². The van der Waals surface area contributed by atoms with E-state index >= 15 is 0 Å². The number of amidine groups is 1. The van der Waals surface area contributed by atoms with Crippen LogP contribution in [0.1, 0.15) is 84.1 Å². The van der Waals surface area contributed by atoms with Crippen LogP contribution < -0.4 is 15.9 Å². The molecule has 0 unspecified atom stereocenters. The average Bonchev–Trinajstić information content (AvgIpc) is 2.71. The highest BCUT2D eigenvalue weighted by molar-refractivity contribution is 6.00. The number of halogens is 1. The van der Waals surface area contributed by atoms with Gasteiger partial charge in [-0.05, 0) is 38.0 Å². The van der Waals surface area contributed by atoms with Crippen LogP contribution >= 0.6 is 12.4 Å². The molecule has 2 rings (SSSR count). The third kappa shape index (κ3) is 8.92. The highest BCUT2D eigenvalue weighted by Crippen LogP contribution is 2.20. The number of hydrazine groups is 1. The van der Waals surface area contributed by atoms with Crippen molar-refractivity contribution in [3.63, 3.8) is 0 Å². The molecule has 0 spiro atoms. The molecule has 0 saturated carbocycles. The molecular weight excluding hydrogens is 398 g/mol. The molecule has 0 radical (unpaired) electrons. The van der Waals surface area contributed by atoms with Crippen molar-refractivity contribution < 1.29 is 4.74 Å². The summed E-state index contributed by atoms with van der Waals surface area (Å²) >= 11 is 0. The average molecular weight is 438 g/mol. The fourth-order valence-corrected chi connectivity index (χ4v) is 3.47. The predicted octanol–water partition coefficient (Wildman–Crippen LogP) is 5.42. The fraction of sp³-hybridized carbons (Fsp3) is 0.652. The van der Waals surface area contributed by atoms with Crippen LogP contribution in [-0.4, -0.2) is 29.6 Å². The lowest BCUT2D eigenvalue weighted by molar-refractivity contribution is 0.414. The largest absolute Gasteiger partial charge is 0.497 e. The Kier molecular flexibility index (Phi) is 11.8. The Morgan fingerprint density at radius 3 is 2.17 bits per heavy atom. The molecule has 0 saturated heterocycles. The molecule has 3 N–H and O–H groups in total. The summed E-state index contributed by atoms with van der Waals surface area (Å²) in [7, 11) is 1.67. The predicted molar refractivity (Wildman–Crippen MR) is 129 cm³/mol. The monoisotopic (exact) mass is 437 g/mol. The molecule has 30 heavy (non-hydrogen) atoms. The quantitative estimate of drug-likeness (QED) is 0.338. The number of nitrogens with zero attached hydrogens (tertiary/aromatic N) is 3. The lowest BCUT2D eigenvalue weighted by Gasteiger charge is -2.32. The number of guanidine groups is 1. The van der Waals surface area contributed by atoms with Gasteiger partial charge in [0.1, 0.15) is 11.6 Å². The van der Waals surface area contributed by atoms with Gasteiger partial charge in [-0.25, -0.2) is 20.8 Å². The Labute approximate surface area is 188 Å². The highest BCUT2D eigenvalue weighted by Gasteiger charge is 2.27. The van der Waals surface area contributed by atoms with E-state index in [2.05, 4.69) is 17.2 Å². The number of hydrogen-bond acceptors (Lipinski definition) is 6. The lowest BCUT2D eigenvalue weighted by atomic mass is 10.1. The number of unbranched alkanes of at least 4 members (excludes halogenated alkanes) is 7. The van der Waals surface area contributed by atoms with Gasteiger partial charge in [0.15, 0.2) is 5.66 Å². The molecule has 0 aliphatic carbocycles. The van der Waals surface area contributed by atoms with Crippen molar-refractivity contribution in [3.8, 4) is 5.75 Å². The van der Waals surface area contributed by atoms with Gasteiger partial charge in [-0.15, -0.1) is 12.4 Å². The number of ether oxygens (including phenoxy) is 1. The molecule has 1 aromatic carbocycles. The van der Waals surface area contributed by atoms with E-state index in [0.717, 1.165) is 30.0 Å². The molecule has 1 aliphatic heterocycles. The second kappa shape index (κ2) is 13.5. The van der Waals surface area contributed by atoms with Crippen LogP contribution in [0.2, 0.25) is 0 Å². The van der Waals surface area contributed by atoms with Crippen molar-refractivity contribution in [2.24, 2.45) is 15.8 Å². The lowest BCUT2D eigenvalue weighted by Crippen LogP contribution is -2.53. The van der Waals surface area contributed by atoms with Gasteiger partial charge in [0, 0.05) is 13.0 Å². The first-order valence-electron chi connectivity index (χ1n) is 11.1. The summed E-state index contributed by atoms with van der Waals surface area (Å²) in [6.07, 6.45) is 11.2. The second-order valence-electron chi connectivity index (χ2n) is 8.25. The van der Waals surface area contributed by atoms with Crippen LogP contribution in [0.4, 0.5) is 0 Å². The van der Waals surface area contributed by atoms with Crippen LogP contribution in [0.25, 0.3) is 0 Å². The fourth-order valence-electron chi connectivity index (χ4n) is 3.47. The zero-order valence-corrected chi connectivity index (χ0v) is 19.9. The van der Waals surface area contributed by atoms with E-state index in [1.807, 2.05) is 38.1 Å². The molecule has 0 bridgehead atoms. The van der Waals surface area contributed by atoms with Crippen molar-refractivity contribution >= 4 is 24.2 Å². The van der Waals surface area contributed by atoms with E-state index in [9.17, 15) is 0 Å². The second-order valence-corrected chi connectivity index (χ2v) is 8.25. The van der Waals surface area contributed by atoms with Crippen molar-refractivity contribution in [2.75, 3.05) is 7.11 Å². The zero-order valence-electron chi connectivity index (χ0n) is 19.1. The van der Waals surface area contributed by atoms with Crippen molar-refractivity contribution in [1.29, 1.82) is 0 Å². The van der Waals surface area contributed by atoms with Gasteiger partial charge >= 0.3 is 0 Å². The van der Waals surface area contributed by atoms with E-state index in [-0.39, 0.29) is 12.4 Å². The third-order valence-corrected chi connectivity index (χ3v) is 5.15. The molecule has 0 aromatic heterocycles. The topological polar surface area (TPSA) is 75.2 Å². The van der Waals surface area contributed by atoms with Gasteiger partial charge < -0.3 is 10.1 Å². The summed E-state index contributed by atoms with van der Waals surface area (Å²) in [4.78, 5) is 9.43. The van der Waals surface area contributed by atoms with E-state index < -0.39 is 5.66 Å². The van der Waals surface area contributed by atoms with Gasteiger partial charge in [-0.1, -0.05) is 64.0 Å². The number of benzene rings is 1. The maximum Gasteiger partial charge on any atom is 0.217 e. The first kappa shape index (κ1) is 26.2. The minimum Gasteiger partial charge on any atom is -0.497 e. The molecule has 0 fully saturated rings. The van der Waals surface area contributed by atoms with Crippen LogP contribution in [0, 0.1) is 0 Å². The Hall–Kier alpha value is -1.79. The van der Waals surface area contributed by atoms with Gasteiger partial charge in [0.05, 0.1) is 7.11 Å². The number of hydrogen-bond donors (Lipinski definition) is 2. The molecule has 0 amide bonds. The van der Waals surface area contributed by atoms with E-state index in [0.29, 0.717) is 12.5 Å². The molecule has 1 aliphatic rings. The minimum absolute atomic E-state index is 0. The van der Waals surface area contributed by atoms with Crippen molar-refractivity contribution in [2.45, 2.75) is 90.8 Å². The SMILES string of the molecule is CCCCCCCCCCC1=NC(C)(C)N=C(NCc2ccc(OC)cc2)N1N.Cl. The van der Waals surface area contributed by atoms with Gasteiger partial charge in [-0.3, -0.25) is 0 Å². The molecule has 0 atom stereocenters. The summed E-state index contributed by atoms with van der Waals surface area (Å²) in [6, 6.07) is 7.99. The summed E-state index contributed by atoms with van der Waals surface area (Å²) in [5.74, 6) is 8.78. The number of aliphatic imine (C=N–C) groups is 2. The van der Waals surface area contributed by atoms with E-state index in [1.54, 1.807) is 12.1 Å². The molecule has 6 nitrogen and oxygen atoms in total. The number of nitrogens with two attached hydrogens (primary N) is 1. The Morgan fingerprint density at radius 2 is 1.57 bits per heavy atom. The Balaban J connectivity index is 0.00000450. The first-order chi connectivity index (χ1) is 13.9. The van der Waals surface area contributed by atoms with Crippen LogP contribution in [0.15, 0.2) is 34.3 Å². The summed E-state index contributed by atoms with van der Waals surface area (Å²) in [5, 5.41) is 4.99. The smallest absolute Gasteiger partial charge is 0.217 e. The minimum atomic E-state index is -0.492. The molecule has 1 aromatic rings. The molecular formula is C23H40ClN5O.